The number of nitrogens with one attached hydrogen (secondary N) is 3. The summed E-state index contributed by atoms with van der Waals surface area (Å²) in [6.07, 6.45) is 9.06. The summed E-state index contributed by atoms with van der Waals surface area (Å²) >= 11 is 0. The van der Waals surface area contributed by atoms with E-state index < -0.39 is 0 Å². The van der Waals surface area contributed by atoms with Crippen molar-refractivity contribution in [1.29, 1.82) is 0 Å². The van der Waals surface area contributed by atoms with E-state index in [0.29, 0.717) is 37.9 Å². The summed E-state index contributed by atoms with van der Waals surface area (Å²) in [5, 5.41) is 0. The van der Waals surface area contributed by atoms with Crippen LogP contribution in [0.15, 0.2) is 72.8 Å². The second-order valence-electron chi connectivity index (χ2n) is 18.5. The number of hydrogen-bond donors (Lipinski definition) is 0. The molecule has 12 rings (SSSR count). The minimum Gasteiger partial charge on any atom is -0.678 e. The van der Waals surface area contributed by atoms with Gasteiger partial charge in [0.2, 0.25) is 0 Å². The summed E-state index contributed by atoms with van der Waals surface area (Å²) in [5.41, 5.74) is 23.3. The summed E-state index contributed by atoms with van der Waals surface area (Å²) in [6.45, 7) is 30.8. The zero-order chi connectivity index (χ0) is 44.1. The molecule has 0 aliphatic carbocycles. The first-order chi connectivity index (χ1) is 29.4. The van der Waals surface area contributed by atoms with Gasteiger partial charge in [-0.15, -0.1) is 6.54 Å². The topological polar surface area (TPSA) is 109 Å². The number of aryl methyl sites for hydroxylation is 2. The Hall–Kier alpha value is 2.37. The molecule has 3 atom stereocenters. The van der Waals surface area contributed by atoms with Gasteiger partial charge in [-0.3, -0.25) is 14.7 Å². The SMILES string of the molecule is CB(C)B(C)C.CC[NH-].CC[NH-].Cc1ccc(OC2CN3CCC2CC3)cc1.Cc1ccc(OC2CN3CCC2CC3)cc1.[NH-]Cc1ccc(OC2CN3CCC2CC3)cc1.[Rb+].[Rb+].[Rb+]. The molecule has 3 aromatic carbocycles. The molecular formula is C50H81B2N6O3Rb3. The van der Waals surface area contributed by atoms with Gasteiger partial charge < -0.3 is 31.4 Å². The van der Waals surface area contributed by atoms with Gasteiger partial charge in [-0.1, -0.05) is 94.2 Å². The first kappa shape index (κ1) is 64.4. The van der Waals surface area contributed by atoms with Gasteiger partial charge in [0.1, 0.15) is 48.8 Å². The maximum atomic E-state index is 7.29. The zero-order valence-electron chi connectivity index (χ0n) is 42.3. The smallest absolute Gasteiger partial charge is 0.678 e. The Morgan fingerprint density at radius 3 is 0.875 bits per heavy atom. The Morgan fingerprint density at radius 2 is 0.688 bits per heavy atom. The van der Waals surface area contributed by atoms with Crippen LogP contribution in [0.3, 0.4) is 0 Å². The van der Waals surface area contributed by atoms with E-state index in [2.05, 4.69) is 104 Å². The fourth-order valence-electron chi connectivity index (χ4n) is 8.58. The third-order valence-corrected chi connectivity index (χ3v) is 13.2. The van der Waals surface area contributed by atoms with E-state index >= 15 is 0 Å². The minimum absolute atomic E-state index is 0. The Morgan fingerprint density at radius 1 is 0.453 bits per heavy atom. The standard InChI is InChI=1S/C14H19N2O.2C14H19NO.C4H12B2.2C2H6N.3Rb/c15-9-11-1-3-13(4-2-11)17-14-10-16-7-5-12(14)6-8-16;2*1-11-2-4-13(5-3-11)16-14-10-15-8-6-12(14)7-9-15;1-5(2)6(3)4;2*1-2-3;;;/h1-4,12,14-15H,5-10H2;2*2-5,12,14H,6-10H2,1H3;1-4H3;2*3H,2H2,1H3;;;/q-1;;;;2*-1;3*+1. The molecule has 6 bridgehead atoms. The molecule has 0 saturated carbocycles. The molecule has 9 heterocycles. The summed E-state index contributed by atoms with van der Waals surface area (Å²) < 4.78 is 18.3. The first-order valence-corrected chi connectivity index (χ1v) is 23.8. The second-order valence-corrected chi connectivity index (χ2v) is 18.5. The maximum absolute atomic E-state index is 7.29. The van der Waals surface area contributed by atoms with Crippen LogP contribution < -0.4 is 189 Å². The number of piperidine rings is 9. The van der Waals surface area contributed by atoms with E-state index in [1.165, 1.54) is 88.9 Å². The molecule has 3 unspecified atom stereocenters. The number of hydrogen-bond acceptors (Lipinski definition) is 6. The monoisotopic (exact) mass is 1090 g/mol. The van der Waals surface area contributed by atoms with Crippen LogP contribution in [0.4, 0.5) is 0 Å². The van der Waals surface area contributed by atoms with E-state index in [1.54, 1.807) is 13.8 Å². The van der Waals surface area contributed by atoms with Gasteiger partial charge in [0.15, 0.2) is 0 Å². The molecule has 64 heavy (non-hydrogen) atoms. The van der Waals surface area contributed by atoms with Gasteiger partial charge >= 0.3 is 175 Å². The van der Waals surface area contributed by atoms with Crippen molar-refractivity contribution in [2.75, 3.05) is 72.0 Å². The molecule has 0 amide bonds. The Labute approximate surface area is 538 Å². The predicted octanol–water partition coefficient (Wildman–Crippen LogP) is 2.35. The molecule has 9 saturated heterocycles. The van der Waals surface area contributed by atoms with Crippen molar-refractivity contribution < 1.29 is 189 Å². The van der Waals surface area contributed by atoms with Crippen molar-refractivity contribution in [2.45, 2.75) is 118 Å². The van der Waals surface area contributed by atoms with Crippen LogP contribution in [-0.4, -0.2) is 118 Å². The van der Waals surface area contributed by atoms with Crippen molar-refractivity contribution in [2.24, 2.45) is 17.8 Å². The van der Waals surface area contributed by atoms with E-state index in [9.17, 15) is 0 Å². The van der Waals surface area contributed by atoms with Crippen LogP contribution in [0.2, 0.25) is 27.3 Å². The first-order valence-electron chi connectivity index (χ1n) is 23.8. The average Bonchev–Trinajstić information content (AvgIpc) is 3.28. The maximum Gasteiger partial charge on any atom is 1.00 e. The molecule has 0 aromatic heterocycles. The van der Waals surface area contributed by atoms with Gasteiger partial charge in [0, 0.05) is 19.6 Å². The van der Waals surface area contributed by atoms with E-state index in [-0.39, 0.29) is 175 Å². The fraction of sp³-hybridized carbons (Fsp3) is 0.640. The van der Waals surface area contributed by atoms with Gasteiger partial charge in [-0.05, 0) is 146 Å². The average molecular weight is 1090 g/mol. The quantitative estimate of drug-likeness (QED) is 0.321. The Balaban J connectivity index is 0.000000418. The van der Waals surface area contributed by atoms with E-state index in [1.807, 2.05) is 24.3 Å². The molecule has 9 fully saturated rings. The number of fused-ring (bicyclic) bond motifs is 9. The van der Waals surface area contributed by atoms with Gasteiger partial charge in [0.25, 0.3) is 0 Å². The number of ether oxygens (including phenoxy) is 3. The van der Waals surface area contributed by atoms with Crippen molar-refractivity contribution in [3.05, 3.63) is 107 Å². The molecule has 338 valence electrons. The van der Waals surface area contributed by atoms with E-state index in [0.717, 1.165) is 73.4 Å². The Bertz CT molecular complexity index is 1510. The van der Waals surface area contributed by atoms with Crippen LogP contribution in [0, 0.1) is 31.6 Å². The van der Waals surface area contributed by atoms with Crippen molar-refractivity contribution in [3.8, 4) is 17.2 Å². The van der Waals surface area contributed by atoms with Gasteiger partial charge in [-0.25, -0.2) is 0 Å². The van der Waals surface area contributed by atoms with Crippen LogP contribution >= 0.6 is 0 Å². The molecule has 9 nitrogen and oxygen atoms in total. The van der Waals surface area contributed by atoms with Crippen LogP contribution in [0.25, 0.3) is 17.2 Å². The summed E-state index contributed by atoms with van der Waals surface area (Å²) in [4.78, 5) is 7.56. The molecule has 0 radical (unpaired) electrons. The third-order valence-electron chi connectivity index (χ3n) is 13.2. The molecule has 3 N–H and O–H groups in total. The van der Waals surface area contributed by atoms with Crippen LogP contribution in [0.5, 0.6) is 17.2 Å². The summed E-state index contributed by atoms with van der Waals surface area (Å²) in [7, 11) is 0. The predicted molar refractivity (Wildman–Crippen MR) is 262 cm³/mol. The zero-order valence-corrected chi connectivity index (χ0v) is 57.1. The molecule has 0 spiro atoms. The summed E-state index contributed by atoms with van der Waals surface area (Å²) in [5.74, 6) is 5.34. The van der Waals surface area contributed by atoms with Crippen molar-refractivity contribution in [1.82, 2.24) is 14.7 Å². The second kappa shape index (κ2) is 36.3. The molecular weight excluding hydrogens is 1010 g/mol. The molecule has 9 aliphatic heterocycles. The van der Waals surface area contributed by atoms with E-state index in [4.69, 9.17) is 31.4 Å². The summed E-state index contributed by atoms with van der Waals surface area (Å²) in [6, 6.07) is 24.8. The van der Waals surface area contributed by atoms with Crippen LogP contribution in [0.1, 0.15) is 69.1 Å². The van der Waals surface area contributed by atoms with Crippen molar-refractivity contribution >= 4 is 13.2 Å². The largest absolute Gasteiger partial charge is 1.00 e. The molecule has 9 aliphatic rings. The molecule has 14 heteroatoms. The number of nitrogens with zero attached hydrogens (tertiary/aromatic N) is 3. The fourth-order valence-corrected chi connectivity index (χ4v) is 8.58. The molecule has 3 aromatic rings. The Kier molecular flexibility index (Phi) is 36.5. The number of rotatable bonds is 8. The van der Waals surface area contributed by atoms with Gasteiger partial charge in [0.05, 0.1) is 0 Å². The van der Waals surface area contributed by atoms with Crippen LogP contribution in [-0.2, 0) is 6.54 Å². The van der Waals surface area contributed by atoms with Crippen molar-refractivity contribution in [3.63, 3.8) is 0 Å². The van der Waals surface area contributed by atoms with Gasteiger partial charge in [-0.2, -0.15) is 13.1 Å². The number of benzene rings is 3. The minimum atomic E-state index is 0. The normalized spacial score (nSPS) is 26.0. The third kappa shape index (κ3) is 23.7.